The van der Waals surface area contributed by atoms with Gasteiger partial charge in [0.1, 0.15) is 10.8 Å². The van der Waals surface area contributed by atoms with Crippen LogP contribution in [-0.4, -0.2) is 46.0 Å². The second-order valence-corrected chi connectivity index (χ2v) is 6.40. The second kappa shape index (κ2) is 7.13. The Morgan fingerprint density at radius 3 is 2.76 bits per heavy atom. The zero-order valence-electron chi connectivity index (χ0n) is 13.5. The quantitative estimate of drug-likeness (QED) is 0.772. The summed E-state index contributed by atoms with van der Waals surface area (Å²) in [4.78, 5) is 15.6. The predicted octanol–water partition coefficient (Wildman–Crippen LogP) is 3.25. The molecule has 3 heterocycles. The molecule has 0 aromatic carbocycles. The molecule has 25 heavy (non-hydrogen) atoms. The van der Waals surface area contributed by atoms with E-state index >= 15 is 0 Å². The molecule has 2 aromatic heterocycles. The molecule has 134 valence electrons. The number of pyridine rings is 1. The SMILES string of the molecule is CN(c1nccc(C(F)(F)F)n1)C1CCN(Cc2ccc(Cl)nc2)C1. The molecule has 1 fully saturated rings. The molecule has 0 aliphatic carbocycles. The summed E-state index contributed by atoms with van der Waals surface area (Å²) in [6.45, 7) is 2.29. The summed E-state index contributed by atoms with van der Waals surface area (Å²) in [5, 5.41) is 0.449. The Hall–Kier alpha value is -1.93. The summed E-state index contributed by atoms with van der Waals surface area (Å²) in [5.74, 6) is 0.0924. The summed E-state index contributed by atoms with van der Waals surface area (Å²) in [6, 6.07) is 4.60. The van der Waals surface area contributed by atoms with Gasteiger partial charge in [-0.25, -0.2) is 15.0 Å². The summed E-state index contributed by atoms with van der Waals surface area (Å²) >= 11 is 5.78. The molecule has 9 heteroatoms. The minimum absolute atomic E-state index is 0.0590. The van der Waals surface area contributed by atoms with Gasteiger partial charge in [0, 0.05) is 45.1 Å². The van der Waals surface area contributed by atoms with E-state index in [0.29, 0.717) is 5.15 Å². The van der Waals surface area contributed by atoms with Crippen molar-refractivity contribution in [3.63, 3.8) is 0 Å². The molecule has 1 atom stereocenters. The van der Waals surface area contributed by atoms with Crippen molar-refractivity contribution < 1.29 is 13.2 Å². The largest absolute Gasteiger partial charge is 0.433 e. The van der Waals surface area contributed by atoms with Crippen molar-refractivity contribution in [3.05, 3.63) is 47.0 Å². The van der Waals surface area contributed by atoms with Gasteiger partial charge >= 0.3 is 6.18 Å². The fourth-order valence-electron chi connectivity index (χ4n) is 2.87. The first-order valence-electron chi connectivity index (χ1n) is 7.79. The molecule has 0 radical (unpaired) electrons. The lowest BCUT2D eigenvalue weighted by atomic mass is 10.2. The fraction of sp³-hybridized carbons (Fsp3) is 0.438. The Bertz CT molecular complexity index is 722. The zero-order valence-corrected chi connectivity index (χ0v) is 14.3. The molecule has 0 amide bonds. The number of rotatable bonds is 4. The molecule has 0 spiro atoms. The van der Waals surface area contributed by atoms with Crippen molar-refractivity contribution in [2.24, 2.45) is 0 Å². The summed E-state index contributed by atoms with van der Waals surface area (Å²) in [6.07, 6.45) is -0.762. The lowest BCUT2D eigenvalue weighted by Gasteiger charge is -2.25. The minimum Gasteiger partial charge on any atom is -0.340 e. The van der Waals surface area contributed by atoms with E-state index in [1.54, 1.807) is 24.2 Å². The van der Waals surface area contributed by atoms with Crippen LogP contribution in [0.15, 0.2) is 30.6 Å². The molecule has 1 aliphatic heterocycles. The molecule has 2 aromatic rings. The van der Waals surface area contributed by atoms with Crippen molar-refractivity contribution >= 4 is 17.5 Å². The van der Waals surface area contributed by atoms with Crippen LogP contribution >= 0.6 is 11.6 Å². The first kappa shape index (κ1) is 17.9. The summed E-state index contributed by atoms with van der Waals surface area (Å²) < 4.78 is 38.4. The van der Waals surface area contributed by atoms with Crippen LogP contribution in [0.5, 0.6) is 0 Å². The fourth-order valence-corrected chi connectivity index (χ4v) is 2.98. The molecule has 1 unspecified atom stereocenters. The van der Waals surface area contributed by atoms with Crippen molar-refractivity contribution in [2.45, 2.75) is 25.2 Å². The molecule has 0 N–H and O–H groups in total. The van der Waals surface area contributed by atoms with Gasteiger partial charge in [0.2, 0.25) is 5.95 Å². The average molecular weight is 372 g/mol. The van der Waals surface area contributed by atoms with Crippen LogP contribution in [0.4, 0.5) is 19.1 Å². The standard InChI is InChI=1S/C16H17ClF3N5/c1-24(15-21-6-4-13(23-15)16(18,19)20)12-5-7-25(10-12)9-11-2-3-14(17)22-8-11/h2-4,6,8,12H,5,7,9-10H2,1H3. The van der Waals surface area contributed by atoms with Crippen LogP contribution in [0, 0.1) is 0 Å². The van der Waals surface area contributed by atoms with Gasteiger partial charge < -0.3 is 4.90 Å². The van der Waals surface area contributed by atoms with E-state index in [-0.39, 0.29) is 12.0 Å². The average Bonchev–Trinajstić information content (AvgIpc) is 3.04. The highest BCUT2D eigenvalue weighted by Gasteiger charge is 2.34. The van der Waals surface area contributed by atoms with Crippen LogP contribution in [0.1, 0.15) is 17.7 Å². The molecule has 1 saturated heterocycles. The van der Waals surface area contributed by atoms with E-state index in [4.69, 9.17) is 11.6 Å². The van der Waals surface area contributed by atoms with E-state index in [9.17, 15) is 13.2 Å². The summed E-state index contributed by atoms with van der Waals surface area (Å²) in [7, 11) is 1.73. The molecular formula is C16H17ClF3N5. The third-order valence-corrected chi connectivity index (χ3v) is 4.46. The Morgan fingerprint density at radius 2 is 2.08 bits per heavy atom. The van der Waals surface area contributed by atoms with Crippen LogP contribution in [0.3, 0.4) is 0 Å². The lowest BCUT2D eigenvalue weighted by molar-refractivity contribution is -0.141. The Balaban J connectivity index is 1.64. The highest BCUT2D eigenvalue weighted by Crippen LogP contribution is 2.29. The van der Waals surface area contributed by atoms with Gasteiger partial charge in [0.15, 0.2) is 0 Å². The zero-order chi connectivity index (χ0) is 18.0. The molecule has 0 bridgehead atoms. The maximum absolute atomic E-state index is 12.8. The highest BCUT2D eigenvalue weighted by molar-refractivity contribution is 6.29. The number of hydrogen-bond acceptors (Lipinski definition) is 5. The van der Waals surface area contributed by atoms with Crippen molar-refractivity contribution in [3.8, 4) is 0 Å². The normalized spacial score (nSPS) is 18.5. The van der Waals surface area contributed by atoms with Crippen LogP contribution in [0.25, 0.3) is 0 Å². The third kappa shape index (κ3) is 4.38. The molecule has 3 rings (SSSR count). The van der Waals surface area contributed by atoms with Crippen LogP contribution in [0.2, 0.25) is 5.15 Å². The van der Waals surface area contributed by atoms with Crippen molar-refractivity contribution in [1.29, 1.82) is 0 Å². The molecule has 5 nitrogen and oxygen atoms in total. The van der Waals surface area contributed by atoms with Gasteiger partial charge in [-0.05, 0) is 24.1 Å². The van der Waals surface area contributed by atoms with Gasteiger partial charge in [-0.1, -0.05) is 17.7 Å². The van der Waals surface area contributed by atoms with Gasteiger partial charge in [0.05, 0.1) is 0 Å². The summed E-state index contributed by atoms with van der Waals surface area (Å²) in [5.41, 5.74) is 0.120. The number of likely N-dealkylation sites (tertiary alicyclic amines) is 1. The van der Waals surface area contributed by atoms with E-state index in [0.717, 1.165) is 43.9 Å². The molecular weight excluding hydrogens is 355 g/mol. The Kier molecular flexibility index (Phi) is 5.10. The number of alkyl halides is 3. The van der Waals surface area contributed by atoms with Crippen LogP contribution in [-0.2, 0) is 12.7 Å². The predicted molar refractivity (Wildman–Crippen MR) is 88.4 cm³/mol. The Morgan fingerprint density at radius 1 is 1.28 bits per heavy atom. The number of aromatic nitrogens is 3. The van der Waals surface area contributed by atoms with Gasteiger partial charge in [0.25, 0.3) is 0 Å². The minimum atomic E-state index is -4.47. The number of nitrogens with zero attached hydrogens (tertiary/aromatic N) is 5. The van der Waals surface area contributed by atoms with E-state index in [1.165, 1.54) is 0 Å². The second-order valence-electron chi connectivity index (χ2n) is 6.02. The van der Waals surface area contributed by atoms with Crippen molar-refractivity contribution in [1.82, 2.24) is 19.9 Å². The lowest BCUT2D eigenvalue weighted by Crippen LogP contribution is -2.35. The number of likely N-dealkylation sites (N-methyl/N-ethyl adjacent to an activating group) is 1. The maximum Gasteiger partial charge on any atom is 0.433 e. The Labute approximate surface area is 148 Å². The number of hydrogen-bond donors (Lipinski definition) is 0. The van der Waals surface area contributed by atoms with E-state index in [2.05, 4.69) is 19.9 Å². The number of halogens is 4. The van der Waals surface area contributed by atoms with Crippen molar-refractivity contribution in [2.75, 3.05) is 25.0 Å². The highest BCUT2D eigenvalue weighted by atomic mass is 35.5. The van der Waals surface area contributed by atoms with E-state index in [1.807, 2.05) is 6.07 Å². The first-order valence-corrected chi connectivity index (χ1v) is 8.16. The van der Waals surface area contributed by atoms with Gasteiger partial charge in [-0.2, -0.15) is 13.2 Å². The first-order chi connectivity index (χ1) is 11.8. The number of anilines is 1. The monoisotopic (exact) mass is 371 g/mol. The smallest absolute Gasteiger partial charge is 0.340 e. The van der Waals surface area contributed by atoms with Gasteiger partial charge in [-0.3, -0.25) is 4.90 Å². The third-order valence-electron chi connectivity index (χ3n) is 4.24. The van der Waals surface area contributed by atoms with E-state index < -0.39 is 11.9 Å². The molecule has 0 saturated carbocycles. The van der Waals surface area contributed by atoms with Gasteiger partial charge in [-0.15, -0.1) is 0 Å². The molecule has 1 aliphatic rings. The topological polar surface area (TPSA) is 45.2 Å². The van der Waals surface area contributed by atoms with Crippen LogP contribution < -0.4 is 4.90 Å². The maximum atomic E-state index is 12.8.